The van der Waals surface area contributed by atoms with Gasteiger partial charge in [0.15, 0.2) is 0 Å². The van der Waals surface area contributed by atoms with Gasteiger partial charge in [-0.3, -0.25) is 9.69 Å². The Morgan fingerprint density at radius 1 is 1.14 bits per heavy atom. The molecule has 1 heterocycles. The molecule has 0 aromatic rings. The molecular formula is C17H31N3O. The maximum Gasteiger partial charge on any atom is 0.237 e. The Bertz CT molecular complexity index is 380. The van der Waals surface area contributed by atoms with Crippen molar-refractivity contribution in [1.29, 1.82) is 0 Å². The molecule has 2 aliphatic carbocycles. The first-order chi connectivity index (χ1) is 10.2. The average Bonchev–Trinajstić information content (AvgIpc) is 3.17. The third-order valence-corrected chi connectivity index (χ3v) is 6.43. The summed E-state index contributed by atoms with van der Waals surface area (Å²) in [6.45, 7) is 1.23. The zero-order valence-electron chi connectivity index (χ0n) is 13.4. The van der Waals surface area contributed by atoms with Crippen LogP contribution in [0.25, 0.3) is 0 Å². The third-order valence-electron chi connectivity index (χ3n) is 6.43. The maximum absolute atomic E-state index is 11.9. The summed E-state index contributed by atoms with van der Waals surface area (Å²) >= 11 is 0. The standard InChI is InChI=1S/C17H31N3O/c1-19-17(16(18)21)10-4-8-14(12-17)20-11-5-9-15(20)13-6-2-3-7-13/h13-15,19H,2-12H2,1H3,(H2,18,21). The number of likely N-dealkylation sites (tertiary alicyclic amines) is 1. The zero-order chi connectivity index (χ0) is 14.9. The van der Waals surface area contributed by atoms with Gasteiger partial charge in [0.05, 0.1) is 5.54 Å². The fourth-order valence-electron chi connectivity index (χ4n) is 5.22. The number of likely N-dealkylation sites (N-methyl/N-ethyl adjacent to an activating group) is 1. The van der Waals surface area contributed by atoms with Crippen LogP contribution in [0.4, 0.5) is 0 Å². The lowest BCUT2D eigenvalue weighted by molar-refractivity contribution is -0.126. The van der Waals surface area contributed by atoms with Crippen LogP contribution >= 0.6 is 0 Å². The van der Waals surface area contributed by atoms with Gasteiger partial charge in [0, 0.05) is 12.1 Å². The lowest BCUT2D eigenvalue weighted by Gasteiger charge is -2.44. The Kier molecular flexibility index (Phi) is 4.55. The molecule has 3 aliphatic rings. The van der Waals surface area contributed by atoms with Gasteiger partial charge in [0.2, 0.25) is 5.91 Å². The molecule has 2 saturated carbocycles. The molecule has 3 atom stereocenters. The summed E-state index contributed by atoms with van der Waals surface area (Å²) < 4.78 is 0. The number of nitrogens with two attached hydrogens (primary N) is 1. The second kappa shape index (κ2) is 6.25. The third kappa shape index (κ3) is 2.85. The number of carbonyl (C=O) groups excluding carboxylic acids is 1. The van der Waals surface area contributed by atoms with Crippen molar-refractivity contribution >= 4 is 5.91 Å². The molecule has 0 radical (unpaired) electrons. The summed E-state index contributed by atoms with van der Waals surface area (Å²) in [6, 6.07) is 1.32. The molecule has 1 amide bonds. The van der Waals surface area contributed by atoms with E-state index in [0.29, 0.717) is 6.04 Å². The lowest BCUT2D eigenvalue weighted by Crippen LogP contribution is -2.60. The van der Waals surface area contributed by atoms with Crippen molar-refractivity contribution in [3.63, 3.8) is 0 Å². The molecule has 0 bridgehead atoms. The van der Waals surface area contributed by atoms with Crippen molar-refractivity contribution in [3.05, 3.63) is 0 Å². The van der Waals surface area contributed by atoms with Crippen LogP contribution in [-0.4, -0.2) is 42.0 Å². The van der Waals surface area contributed by atoms with E-state index in [1.807, 2.05) is 7.05 Å². The van der Waals surface area contributed by atoms with Crippen LogP contribution in [0.2, 0.25) is 0 Å². The Hall–Kier alpha value is -0.610. The number of hydrogen-bond acceptors (Lipinski definition) is 3. The van der Waals surface area contributed by atoms with E-state index < -0.39 is 5.54 Å². The molecule has 0 aromatic carbocycles. The van der Waals surface area contributed by atoms with Crippen LogP contribution in [0, 0.1) is 5.92 Å². The molecule has 3 unspecified atom stereocenters. The highest BCUT2D eigenvalue weighted by molar-refractivity contribution is 5.84. The SMILES string of the molecule is CNC1(C(N)=O)CCCC(N2CCCC2C2CCCC2)C1. The highest BCUT2D eigenvalue weighted by Crippen LogP contribution is 2.40. The molecular weight excluding hydrogens is 262 g/mol. The van der Waals surface area contributed by atoms with Gasteiger partial charge < -0.3 is 11.1 Å². The van der Waals surface area contributed by atoms with Crippen molar-refractivity contribution in [1.82, 2.24) is 10.2 Å². The minimum Gasteiger partial charge on any atom is -0.368 e. The van der Waals surface area contributed by atoms with Crippen LogP contribution < -0.4 is 11.1 Å². The minimum atomic E-state index is -0.467. The van der Waals surface area contributed by atoms with Gasteiger partial charge in [-0.1, -0.05) is 12.8 Å². The molecule has 1 saturated heterocycles. The van der Waals surface area contributed by atoms with Gasteiger partial charge in [-0.05, 0) is 70.9 Å². The number of rotatable bonds is 4. The first kappa shape index (κ1) is 15.3. The van der Waals surface area contributed by atoms with Crippen molar-refractivity contribution in [2.45, 2.75) is 81.8 Å². The molecule has 1 aliphatic heterocycles. The van der Waals surface area contributed by atoms with Crippen LogP contribution in [0.1, 0.15) is 64.2 Å². The molecule has 21 heavy (non-hydrogen) atoms. The van der Waals surface area contributed by atoms with E-state index in [-0.39, 0.29) is 5.91 Å². The second-order valence-corrected chi connectivity index (χ2v) is 7.44. The van der Waals surface area contributed by atoms with Crippen LogP contribution in [-0.2, 0) is 4.79 Å². The summed E-state index contributed by atoms with van der Waals surface area (Å²) in [5, 5.41) is 3.25. The number of carbonyl (C=O) groups is 1. The normalized spacial score (nSPS) is 38.9. The molecule has 3 fully saturated rings. The van der Waals surface area contributed by atoms with Gasteiger partial charge >= 0.3 is 0 Å². The predicted molar refractivity (Wildman–Crippen MR) is 84.9 cm³/mol. The predicted octanol–water partition coefficient (Wildman–Crippen LogP) is 2.03. The molecule has 120 valence electrons. The Morgan fingerprint density at radius 3 is 2.57 bits per heavy atom. The van der Waals surface area contributed by atoms with Gasteiger partial charge in [0.1, 0.15) is 0 Å². The number of nitrogens with one attached hydrogen (secondary N) is 1. The average molecular weight is 293 g/mol. The molecule has 4 heteroatoms. The monoisotopic (exact) mass is 293 g/mol. The van der Waals surface area contributed by atoms with E-state index in [9.17, 15) is 4.79 Å². The van der Waals surface area contributed by atoms with E-state index in [2.05, 4.69) is 10.2 Å². The first-order valence-corrected chi connectivity index (χ1v) is 8.91. The van der Waals surface area contributed by atoms with Crippen molar-refractivity contribution < 1.29 is 4.79 Å². The zero-order valence-corrected chi connectivity index (χ0v) is 13.4. The summed E-state index contributed by atoms with van der Waals surface area (Å²) in [7, 11) is 1.89. The quantitative estimate of drug-likeness (QED) is 0.834. The highest BCUT2D eigenvalue weighted by atomic mass is 16.1. The Balaban J connectivity index is 1.71. The Labute approximate surface area is 128 Å². The van der Waals surface area contributed by atoms with E-state index in [4.69, 9.17) is 5.73 Å². The highest BCUT2D eigenvalue weighted by Gasteiger charge is 2.45. The van der Waals surface area contributed by atoms with E-state index in [0.717, 1.165) is 31.2 Å². The van der Waals surface area contributed by atoms with E-state index >= 15 is 0 Å². The number of hydrogen-bond donors (Lipinski definition) is 2. The molecule has 4 nitrogen and oxygen atoms in total. The van der Waals surface area contributed by atoms with Gasteiger partial charge in [0.25, 0.3) is 0 Å². The van der Waals surface area contributed by atoms with Gasteiger partial charge in [-0.25, -0.2) is 0 Å². The smallest absolute Gasteiger partial charge is 0.237 e. The van der Waals surface area contributed by atoms with Crippen molar-refractivity contribution in [3.8, 4) is 0 Å². The van der Waals surface area contributed by atoms with Crippen LogP contribution in [0.5, 0.6) is 0 Å². The van der Waals surface area contributed by atoms with Crippen molar-refractivity contribution in [2.24, 2.45) is 11.7 Å². The first-order valence-electron chi connectivity index (χ1n) is 8.91. The largest absolute Gasteiger partial charge is 0.368 e. The maximum atomic E-state index is 11.9. The number of nitrogens with zero attached hydrogens (tertiary/aromatic N) is 1. The Morgan fingerprint density at radius 2 is 1.90 bits per heavy atom. The molecule has 3 N–H and O–H groups in total. The van der Waals surface area contributed by atoms with Gasteiger partial charge in [-0.2, -0.15) is 0 Å². The molecule has 0 spiro atoms. The van der Waals surface area contributed by atoms with Crippen LogP contribution in [0.3, 0.4) is 0 Å². The van der Waals surface area contributed by atoms with Gasteiger partial charge in [-0.15, -0.1) is 0 Å². The minimum absolute atomic E-state index is 0.161. The lowest BCUT2D eigenvalue weighted by atomic mass is 9.77. The molecule has 3 rings (SSSR count). The van der Waals surface area contributed by atoms with E-state index in [1.54, 1.807) is 0 Å². The fraction of sp³-hybridized carbons (Fsp3) is 0.941. The van der Waals surface area contributed by atoms with Crippen molar-refractivity contribution in [2.75, 3.05) is 13.6 Å². The molecule has 0 aromatic heterocycles. The fourth-order valence-corrected chi connectivity index (χ4v) is 5.22. The summed E-state index contributed by atoms with van der Waals surface area (Å²) in [5.41, 5.74) is 5.24. The van der Waals surface area contributed by atoms with Crippen LogP contribution in [0.15, 0.2) is 0 Å². The summed E-state index contributed by atoms with van der Waals surface area (Å²) in [4.78, 5) is 14.7. The topological polar surface area (TPSA) is 58.4 Å². The van der Waals surface area contributed by atoms with E-state index in [1.165, 1.54) is 51.5 Å². The number of amides is 1. The second-order valence-electron chi connectivity index (χ2n) is 7.44. The summed E-state index contributed by atoms with van der Waals surface area (Å²) in [5.74, 6) is 0.748. The summed E-state index contributed by atoms with van der Waals surface area (Å²) in [6.07, 6.45) is 12.5. The number of primary amides is 1.